The van der Waals surface area contributed by atoms with Gasteiger partial charge in [-0.15, -0.1) is 11.3 Å². The highest BCUT2D eigenvalue weighted by molar-refractivity contribution is 9.11. The van der Waals surface area contributed by atoms with Crippen LogP contribution in [-0.4, -0.2) is 17.0 Å². The van der Waals surface area contributed by atoms with Crippen molar-refractivity contribution in [1.82, 2.24) is 4.98 Å². The summed E-state index contributed by atoms with van der Waals surface area (Å²) in [6, 6.07) is 5.84. The Balaban J connectivity index is 2.23. The number of nitrogens with two attached hydrogens (primary N) is 1. The molecule has 2 heterocycles. The SMILES string of the molecule is CN(Cc1csc(Br)c1)c1ncccc1C(N)=S. The third-order valence-electron chi connectivity index (χ3n) is 2.46. The summed E-state index contributed by atoms with van der Waals surface area (Å²) in [7, 11) is 1.98. The van der Waals surface area contributed by atoms with Gasteiger partial charge in [0, 0.05) is 19.8 Å². The van der Waals surface area contributed by atoms with Gasteiger partial charge in [0.15, 0.2) is 0 Å². The standard InChI is InChI=1S/C12H12BrN3S2/c1-16(6-8-5-10(13)18-7-8)12-9(11(14)17)3-2-4-15-12/h2-5,7H,6H2,1H3,(H2,14,17). The van der Waals surface area contributed by atoms with Gasteiger partial charge >= 0.3 is 0 Å². The summed E-state index contributed by atoms with van der Waals surface area (Å²) in [6.45, 7) is 0.773. The van der Waals surface area contributed by atoms with Crippen molar-refractivity contribution < 1.29 is 0 Å². The van der Waals surface area contributed by atoms with Crippen molar-refractivity contribution >= 4 is 50.3 Å². The number of thiophene rings is 1. The van der Waals surface area contributed by atoms with Gasteiger partial charge in [-0.3, -0.25) is 0 Å². The van der Waals surface area contributed by atoms with E-state index in [1.165, 1.54) is 5.56 Å². The topological polar surface area (TPSA) is 42.2 Å². The van der Waals surface area contributed by atoms with Crippen LogP contribution in [0.5, 0.6) is 0 Å². The summed E-state index contributed by atoms with van der Waals surface area (Å²) < 4.78 is 1.13. The zero-order valence-electron chi connectivity index (χ0n) is 9.76. The van der Waals surface area contributed by atoms with Crippen LogP contribution in [0.1, 0.15) is 11.1 Å². The monoisotopic (exact) mass is 341 g/mol. The molecule has 0 aliphatic rings. The molecule has 0 fully saturated rings. The Bertz CT molecular complexity index is 568. The fourth-order valence-corrected chi connectivity index (χ4v) is 3.03. The van der Waals surface area contributed by atoms with E-state index in [-0.39, 0.29) is 0 Å². The molecule has 18 heavy (non-hydrogen) atoms. The Morgan fingerprint density at radius 3 is 3.00 bits per heavy atom. The van der Waals surface area contributed by atoms with E-state index in [1.54, 1.807) is 17.5 Å². The number of halogens is 1. The number of thiocarbonyl (C=S) groups is 1. The van der Waals surface area contributed by atoms with Crippen molar-refractivity contribution in [3.63, 3.8) is 0 Å². The molecule has 0 aliphatic carbocycles. The van der Waals surface area contributed by atoms with Crippen LogP contribution in [0.25, 0.3) is 0 Å². The van der Waals surface area contributed by atoms with E-state index in [2.05, 4.69) is 32.4 Å². The minimum atomic E-state index is 0.372. The lowest BCUT2D eigenvalue weighted by Crippen LogP contribution is -2.22. The Labute approximate surface area is 124 Å². The van der Waals surface area contributed by atoms with Crippen LogP contribution in [0, 0.1) is 0 Å². The van der Waals surface area contributed by atoms with Gasteiger partial charge in [0.25, 0.3) is 0 Å². The molecular weight excluding hydrogens is 330 g/mol. The van der Waals surface area contributed by atoms with E-state index >= 15 is 0 Å². The van der Waals surface area contributed by atoms with Crippen LogP contribution < -0.4 is 10.6 Å². The van der Waals surface area contributed by atoms with Gasteiger partial charge in [-0.25, -0.2) is 4.98 Å². The molecule has 3 nitrogen and oxygen atoms in total. The number of rotatable bonds is 4. The van der Waals surface area contributed by atoms with Crippen LogP contribution in [0.15, 0.2) is 33.6 Å². The van der Waals surface area contributed by atoms with Gasteiger partial charge in [-0.05, 0) is 45.1 Å². The molecule has 0 aliphatic heterocycles. The van der Waals surface area contributed by atoms with Gasteiger partial charge in [0.05, 0.1) is 9.35 Å². The van der Waals surface area contributed by atoms with E-state index in [9.17, 15) is 0 Å². The van der Waals surface area contributed by atoms with Crippen LogP contribution in [0.3, 0.4) is 0 Å². The van der Waals surface area contributed by atoms with Crippen molar-refractivity contribution in [3.8, 4) is 0 Å². The number of hydrogen-bond acceptors (Lipinski definition) is 4. The Morgan fingerprint density at radius 1 is 1.61 bits per heavy atom. The molecule has 0 unspecified atom stereocenters. The summed E-state index contributed by atoms with van der Waals surface area (Å²) in [5.41, 5.74) is 7.75. The van der Waals surface area contributed by atoms with Gasteiger partial charge in [-0.2, -0.15) is 0 Å². The first kappa shape index (κ1) is 13.5. The van der Waals surface area contributed by atoms with E-state index in [1.807, 2.05) is 24.1 Å². The Hall–Kier alpha value is -0.980. The van der Waals surface area contributed by atoms with Gasteiger partial charge in [0.1, 0.15) is 10.8 Å². The molecule has 0 saturated carbocycles. The fourth-order valence-electron chi connectivity index (χ4n) is 1.67. The highest BCUT2D eigenvalue weighted by Gasteiger charge is 2.11. The summed E-state index contributed by atoms with van der Waals surface area (Å²) in [6.07, 6.45) is 1.75. The summed E-state index contributed by atoms with van der Waals surface area (Å²) >= 11 is 10.2. The maximum Gasteiger partial charge on any atom is 0.138 e. The van der Waals surface area contributed by atoms with E-state index < -0.39 is 0 Å². The first-order chi connectivity index (χ1) is 8.58. The Kier molecular flexibility index (Phi) is 4.31. The summed E-state index contributed by atoms with van der Waals surface area (Å²) in [5, 5.41) is 2.12. The lowest BCUT2D eigenvalue weighted by molar-refractivity contribution is 0.900. The molecule has 0 aromatic carbocycles. The predicted octanol–water partition coefficient (Wildman–Crippen LogP) is 3.18. The molecule has 2 aromatic heterocycles. The maximum atomic E-state index is 5.71. The summed E-state index contributed by atoms with van der Waals surface area (Å²) in [4.78, 5) is 6.77. The van der Waals surface area contributed by atoms with Crippen LogP contribution in [0.2, 0.25) is 0 Å². The fraction of sp³-hybridized carbons (Fsp3) is 0.167. The molecule has 6 heteroatoms. The zero-order chi connectivity index (χ0) is 13.1. The highest BCUT2D eigenvalue weighted by Crippen LogP contribution is 2.23. The number of hydrogen-bond donors (Lipinski definition) is 1. The molecular formula is C12H12BrN3S2. The lowest BCUT2D eigenvalue weighted by atomic mass is 10.2. The van der Waals surface area contributed by atoms with Gasteiger partial charge in [-0.1, -0.05) is 12.2 Å². The molecule has 94 valence electrons. The summed E-state index contributed by atoms with van der Waals surface area (Å²) in [5.74, 6) is 0.812. The third-order valence-corrected chi connectivity index (χ3v) is 4.23. The molecule has 0 radical (unpaired) electrons. The molecule has 0 saturated heterocycles. The third kappa shape index (κ3) is 3.07. The molecule has 0 amide bonds. The van der Waals surface area contributed by atoms with E-state index in [0.717, 1.165) is 21.7 Å². The molecule has 2 N–H and O–H groups in total. The zero-order valence-corrected chi connectivity index (χ0v) is 13.0. The van der Waals surface area contributed by atoms with Crippen molar-refractivity contribution in [1.29, 1.82) is 0 Å². The number of anilines is 1. The molecule has 0 atom stereocenters. The van der Waals surface area contributed by atoms with E-state index in [4.69, 9.17) is 18.0 Å². The van der Waals surface area contributed by atoms with Crippen molar-refractivity contribution in [2.75, 3.05) is 11.9 Å². The molecule has 0 spiro atoms. The second-order valence-electron chi connectivity index (χ2n) is 3.85. The Morgan fingerprint density at radius 2 is 2.39 bits per heavy atom. The van der Waals surface area contributed by atoms with Crippen molar-refractivity contribution in [2.24, 2.45) is 5.73 Å². The first-order valence-electron chi connectivity index (χ1n) is 5.27. The maximum absolute atomic E-state index is 5.71. The quantitative estimate of drug-likeness (QED) is 0.867. The van der Waals surface area contributed by atoms with Crippen molar-refractivity contribution in [2.45, 2.75) is 6.54 Å². The molecule has 2 rings (SSSR count). The van der Waals surface area contributed by atoms with Crippen molar-refractivity contribution in [3.05, 3.63) is 44.7 Å². The van der Waals surface area contributed by atoms with E-state index in [0.29, 0.717) is 4.99 Å². The molecule has 0 bridgehead atoms. The predicted molar refractivity (Wildman–Crippen MR) is 84.3 cm³/mol. The van der Waals surface area contributed by atoms with Crippen LogP contribution >= 0.6 is 39.5 Å². The minimum Gasteiger partial charge on any atom is -0.389 e. The average molecular weight is 342 g/mol. The first-order valence-corrected chi connectivity index (χ1v) is 7.35. The minimum absolute atomic E-state index is 0.372. The number of pyridine rings is 1. The van der Waals surface area contributed by atoms with Gasteiger partial charge in [0.2, 0.25) is 0 Å². The largest absolute Gasteiger partial charge is 0.389 e. The average Bonchev–Trinajstić information content (AvgIpc) is 2.74. The smallest absolute Gasteiger partial charge is 0.138 e. The second-order valence-corrected chi connectivity index (χ2v) is 6.58. The second kappa shape index (κ2) is 5.77. The lowest BCUT2D eigenvalue weighted by Gasteiger charge is -2.20. The van der Waals surface area contributed by atoms with Crippen LogP contribution in [-0.2, 0) is 6.54 Å². The highest BCUT2D eigenvalue weighted by atomic mass is 79.9. The van der Waals surface area contributed by atoms with Gasteiger partial charge < -0.3 is 10.6 Å². The van der Waals surface area contributed by atoms with Crippen LogP contribution in [0.4, 0.5) is 5.82 Å². The number of aromatic nitrogens is 1. The molecule has 2 aromatic rings. The number of nitrogens with zero attached hydrogens (tertiary/aromatic N) is 2. The normalized spacial score (nSPS) is 10.3.